The molecule has 1 fully saturated rings. The zero-order valence-electron chi connectivity index (χ0n) is 14.4. The first kappa shape index (κ1) is 18.4. The number of hydrogen-bond donors (Lipinski definition) is 2. The third-order valence-electron chi connectivity index (χ3n) is 4.88. The van der Waals surface area contributed by atoms with Crippen molar-refractivity contribution in [2.45, 2.75) is 37.5 Å². The molecule has 0 radical (unpaired) electrons. The smallest absolute Gasteiger partial charge is 0.347 e. The summed E-state index contributed by atoms with van der Waals surface area (Å²) in [5.41, 5.74) is -0.864. The van der Waals surface area contributed by atoms with Crippen LogP contribution in [0.15, 0.2) is 42.7 Å². The molecule has 1 atom stereocenters. The summed E-state index contributed by atoms with van der Waals surface area (Å²) in [4.78, 5) is 13.0. The van der Waals surface area contributed by atoms with Crippen molar-refractivity contribution in [3.05, 3.63) is 53.9 Å². The zero-order valence-corrected chi connectivity index (χ0v) is 14.4. The molecule has 1 amide bonds. The minimum Gasteiger partial charge on any atom is -0.347 e. The van der Waals surface area contributed by atoms with Crippen molar-refractivity contribution in [3.8, 4) is 0 Å². The monoisotopic (exact) mass is 366 g/mol. The van der Waals surface area contributed by atoms with Crippen LogP contribution in [0, 0.1) is 0 Å². The Bertz CT molecular complexity index is 735. The van der Waals surface area contributed by atoms with E-state index in [0.29, 0.717) is 31.5 Å². The number of carbonyl (C=O) groups is 1. The predicted molar refractivity (Wildman–Crippen MR) is 90.3 cm³/mol. The van der Waals surface area contributed by atoms with E-state index in [1.807, 2.05) is 0 Å². The number of halogens is 3. The first-order valence-electron chi connectivity index (χ1n) is 8.52. The predicted octanol–water partition coefficient (Wildman–Crippen LogP) is 2.86. The van der Waals surface area contributed by atoms with Gasteiger partial charge in [0.1, 0.15) is 5.54 Å². The van der Waals surface area contributed by atoms with Crippen LogP contribution in [-0.2, 0) is 16.5 Å². The summed E-state index contributed by atoms with van der Waals surface area (Å²) in [5, 5.41) is 10.4. The molecule has 0 saturated carbocycles. The van der Waals surface area contributed by atoms with Crippen LogP contribution in [0.2, 0.25) is 0 Å². The Kier molecular flexibility index (Phi) is 5.04. The summed E-state index contributed by atoms with van der Waals surface area (Å²) in [6.45, 7) is 3.16. The lowest BCUT2D eigenvalue weighted by molar-refractivity contribution is -0.137. The fraction of sp³-hybridized carbons (Fsp3) is 0.444. The van der Waals surface area contributed by atoms with Crippen LogP contribution < -0.4 is 10.6 Å². The van der Waals surface area contributed by atoms with Crippen molar-refractivity contribution in [3.63, 3.8) is 0 Å². The Morgan fingerprint density at radius 1 is 1.27 bits per heavy atom. The van der Waals surface area contributed by atoms with Crippen LogP contribution in [0.1, 0.15) is 36.9 Å². The van der Waals surface area contributed by atoms with Crippen molar-refractivity contribution in [1.29, 1.82) is 0 Å². The van der Waals surface area contributed by atoms with E-state index in [-0.39, 0.29) is 5.91 Å². The van der Waals surface area contributed by atoms with Crippen molar-refractivity contribution in [2.75, 3.05) is 13.1 Å². The second-order valence-corrected chi connectivity index (χ2v) is 6.55. The summed E-state index contributed by atoms with van der Waals surface area (Å²) < 4.78 is 39.8. The lowest BCUT2D eigenvalue weighted by Gasteiger charge is -2.37. The summed E-state index contributed by atoms with van der Waals surface area (Å²) >= 11 is 0. The number of aromatic nitrogens is 2. The Balaban J connectivity index is 1.77. The lowest BCUT2D eigenvalue weighted by Crippen LogP contribution is -2.55. The molecule has 1 aromatic heterocycles. The van der Waals surface area contributed by atoms with Crippen molar-refractivity contribution >= 4 is 5.91 Å². The first-order chi connectivity index (χ1) is 12.3. The topological polar surface area (TPSA) is 59.0 Å². The average Bonchev–Trinajstić information content (AvgIpc) is 3.17. The van der Waals surface area contributed by atoms with E-state index in [2.05, 4.69) is 15.7 Å². The Morgan fingerprint density at radius 3 is 2.46 bits per heavy atom. The molecular formula is C18H21F3N4O. The molecule has 3 rings (SSSR count). The van der Waals surface area contributed by atoms with Gasteiger partial charge < -0.3 is 10.6 Å². The van der Waals surface area contributed by atoms with Gasteiger partial charge in [-0.15, -0.1) is 0 Å². The number of piperidine rings is 1. The van der Waals surface area contributed by atoms with Gasteiger partial charge >= 0.3 is 6.18 Å². The van der Waals surface area contributed by atoms with Crippen LogP contribution in [0.3, 0.4) is 0 Å². The Morgan fingerprint density at radius 2 is 1.92 bits per heavy atom. The third-order valence-corrected chi connectivity index (χ3v) is 4.88. The largest absolute Gasteiger partial charge is 0.416 e. The normalized spacial score (nSPS) is 18.3. The van der Waals surface area contributed by atoms with Crippen molar-refractivity contribution in [1.82, 2.24) is 20.4 Å². The lowest BCUT2D eigenvalue weighted by atomic mass is 9.87. The SMILES string of the molecule is CC(NC(=O)C1(n2cccn2)CCNCC1)c1ccc(C(F)(F)F)cc1. The maximum atomic E-state index is 13.0. The summed E-state index contributed by atoms with van der Waals surface area (Å²) in [7, 11) is 0. The van der Waals surface area contributed by atoms with Gasteiger partial charge in [-0.2, -0.15) is 18.3 Å². The molecule has 1 unspecified atom stereocenters. The number of nitrogens with one attached hydrogen (secondary N) is 2. The molecule has 26 heavy (non-hydrogen) atoms. The highest BCUT2D eigenvalue weighted by atomic mass is 19.4. The second kappa shape index (κ2) is 7.11. The molecule has 2 heterocycles. The van der Waals surface area contributed by atoms with Crippen LogP contribution in [-0.4, -0.2) is 28.8 Å². The van der Waals surface area contributed by atoms with E-state index in [1.165, 1.54) is 12.1 Å². The Labute approximate surface area is 149 Å². The van der Waals surface area contributed by atoms with Crippen molar-refractivity contribution in [2.24, 2.45) is 0 Å². The molecule has 140 valence electrons. The molecule has 8 heteroatoms. The van der Waals surface area contributed by atoms with Crippen LogP contribution in [0.4, 0.5) is 13.2 Å². The second-order valence-electron chi connectivity index (χ2n) is 6.55. The quantitative estimate of drug-likeness (QED) is 0.875. The van der Waals surface area contributed by atoms with Gasteiger partial charge in [-0.1, -0.05) is 12.1 Å². The first-order valence-corrected chi connectivity index (χ1v) is 8.52. The zero-order chi connectivity index (χ0) is 18.8. The molecule has 0 bridgehead atoms. The van der Waals surface area contributed by atoms with Crippen LogP contribution >= 0.6 is 0 Å². The average molecular weight is 366 g/mol. The molecule has 1 aromatic carbocycles. The molecular weight excluding hydrogens is 345 g/mol. The highest BCUT2D eigenvalue weighted by molar-refractivity contribution is 5.85. The molecule has 5 nitrogen and oxygen atoms in total. The van der Waals surface area contributed by atoms with Gasteiger partial charge in [-0.05, 0) is 56.6 Å². The van der Waals surface area contributed by atoms with Gasteiger partial charge in [0.05, 0.1) is 11.6 Å². The number of carbonyl (C=O) groups excluding carboxylic acids is 1. The minimum absolute atomic E-state index is 0.171. The minimum atomic E-state index is -4.37. The molecule has 1 saturated heterocycles. The highest BCUT2D eigenvalue weighted by Gasteiger charge is 2.42. The van der Waals surface area contributed by atoms with Gasteiger partial charge in [0.25, 0.3) is 0 Å². The van der Waals surface area contributed by atoms with Gasteiger partial charge in [0.15, 0.2) is 0 Å². The number of benzene rings is 1. The van der Waals surface area contributed by atoms with Gasteiger partial charge in [-0.3, -0.25) is 9.48 Å². The number of nitrogens with zero attached hydrogens (tertiary/aromatic N) is 2. The van der Waals surface area contributed by atoms with Gasteiger partial charge in [-0.25, -0.2) is 0 Å². The molecule has 0 spiro atoms. The Hall–Kier alpha value is -2.35. The molecule has 1 aliphatic heterocycles. The summed E-state index contributed by atoms with van der Waals surface area (Å²) in [5.74, 6) is -0.171. The standard InChI is InChI=1S/C18H21F3N4O/c1-13(14-3-5-15(6-4-14)18(19,20)21)24-16(26)17(7-10-22-11-8-17)25-12-2-9-23-25/h2-6,9,12-13,22H,7-8,10-11H2,1H3,(H,24,26). The van der Waals surface area contributed by atoms with E-state index in [1.54, 1.807) is 30.1 Å². The van der Waals surface area contributed by atoms with E-state index >= 15 is 0 Å². The van der Waals surface area contributed by atoms with Gasteiger partial charge in [0, 0.05) is 12.4 Å². The fourth-order valence-electron chi connectivity index (χ4n) is 3.30. The molecule has 0 aliphatic carbocycles. The number of rotatable bonds is 4. The summed E-state index contributed by atoms with van der Waals surface area (Å²) in [6, 6.07) is 6.23. The third kappa shape index (κ3) is 3.60. The maximum Gasteiger partial charge on any atom is 0.416 e. The molecule has 2 aromatic rings. The van der Waals surface area contributed by atoms with E-state index < -0.39 is 23.3 Å². The highest BCUT2D eigenvalue weighted by Crippen LogP contribution is 2.31. The van der Waals surface area contributed by atoms with E-state index in [0.717, 1.165) is 12.1 Å². The van der Waals surface area contributed by atoms with E-state index in [4.69, 9.17) is 0 Å². The number of amides is 1. The van der Waals surface area contributed by atoms with Gasteiger partial charge in [0.2, 0.25) is 5.91 Å². The number of hydrogen-bond acceptors (Lipinski definition) is 3. The maximum absolute atomic E-state index is 13.0. The van der Waals surface area contributed by atoms with Crippen molar-refractivity contribution < 1.29 is 18.0 Å². The van der Waals surface area contributed by atoms with Crippen LogP contribution in [0.25, 0.3) is 0 Å². The molecule has 1 aliphatic rings. The summed E-state index contributed by atoms with van der Waals surface area (Å²) in [6.07, 6.45) is 0.231. The number of alkyl halides is 3. The fourth-order valence-corrected chi connectivity index (χ4v) is 3.30. The van der Waals surface area contributed by atoms with E-state index in [9.17, 15) is 18.0 Å². The molecule has 2 N–H and O–H groups in total. The van der Waals surface area contributed by atoms with Crippen LogP contribution in [0.5, 0.6) is 0 Å².